The van der Waals surface area contributed by atoms with Gasteiger partial charge in [-0.25, -0.2) is 0 Å². The Hall–Kier alpha value is -1.89. The van der Waals surface area contributed by atoms with Crippen molar-refractivity contribution < 1.29 is 18.8 Å². The fraction of sp³-hybridized carbons (Fsp3) is 0.571. The van der Waals surface area contributed by atoms with Crippen molar-refractivity contribution in [2.24, 2.45) is 0 Å². The van der Waals surface area contributed by atoms with E-state index in [1.54, 1.807) is 4.90 Å². The molecule has 2 rings (SSSR count). The number of hydrogen-bond donors (Lipinski definition) is 0. The average molecular weight is 298 g/mol. The molecule has 1 heterocycles. The van der Waals surface area contributed by atoms with Crippen LogP contribution in [0.25, 0.3) is 0 Å². The highest BCUT2D eigenvalue weighted by Gasteiger charge is 2.34. The molecule has 1 aromatic carbocycles. The first-order chi connectivity index (χ1) is 9.90. The Morgan fingerprint density at radius 2 is 2.29 bits per heavy atom. The zero-order valence-corrected chi connectivity index (χ0v) is 12.4. The van der Waals surface area contributed by atoms with Crippen molar-refractivity contribution in [1.82, 2.24) is 0 Å². The summed E-state index contributed by atoms with van der Waals surface area (Å²) in [5, 5.41) is 11.2. The standard InChI is InChI=1S/C14H19FN2O4/c1-4-14(2)9-16(5-6-21-14)12-8-10(20-3)7-11(15)13(12)17(18)19/h7-8H,4-6,9H2,1-3H3. The van der Waals surface area contributed by atoms with E-state index < -0.39 is 22.0 Å². The van der Waals surface area contributed by atoms with Gasteiger partial charge in [0.1, 0.15) is 11.4 Å². The first kappa shape index (κ1) is 15.5. The summed E-state index contributed by atoms with van der Waals surface area (Å²) >= 11 is 0. The maximum absolute atomic E-state index is 14.0. The van der Waals surface area contributed by atoms with Crippen molar-refractivity contribution in [3.05, 3.63) is 28.1 Å². The molecule has 21 heavy (non-hydrogen) atoms. The Bertz CT molecular complexity index is 552. The van der Waals surface area contributed by atoms with E-state index in [0.29, 0.717) is 19.7 Å². The number of methoxy groups -OCH3 is 1. The molecule has 7 heteroatoms. The fourth-order valence-electron chi connectivity index (χ4n) is 2.45. The molecule has 0 aliphatic carbocycles. The molecule has 1 saturated heterocycles. The summed E-state index contributed by atoms with van der Waals surface area (Å²) in [4.78, 5) is 12.3. The predicted octanol–water partition coefficient (Wildman–Crippen LogP) is 2.75. The molecule has 6 nitrogen and oxygen atoms in total. The molecular weight excluding hydrogens is 279 g/mol. The summed E-state index contributed by atoms with van der Waals surface area (Å²) in [6.07, 6.45) is 0.768. The molecule has 1 fully saturated rings. The second kappa shape index (κ2) is 5.85. The van der Waals surface area contributed by atoms with Gasteiger partial charge < -0.3 is 14.4 Å². The SMILES string of the molecule is CCC1(C)CN(c2cc(OC)cc(F)c2[N+](=O)[O-])CCO1. The largest absolute Gasteiger partial charge is 0.497 e. The summed E-state index contributed by atoms with van der Waals surface area (Å²) in [5.74, 6) is -0.628. The monoisotopic (exact) mass is 298 g/mol. The minimum atomic E-state index is -0.890. The molecule has 0 spiro atoms. The third-order valence-electron chi connectivity index (χ3n) is 3.86. The summed E-state index contributed by atoms with van der Waals surface area (Å²) < 4.78 is 24.7. The third kappa shape index (κ3) is 3.07. The molecule has 0 bridgehead atoms. The van der Waals surface area contributed by atoms with E-state index in [9.17, 15) is 14.5 Å². The van der Waals surface area contributed by atoms with Gasteiger partial charge in [0.25, 0.3) is 0 Å². The number of nitro groups is 1. The molecule has 1 aliphatic heterocycles. The van der Waals surface area contributed by atoms with E-state index in [1.165, 1.54) is 13.2 Å². The van der Waals surface area contributed by atoms with Gasteiger partial charge in [-0.3, -0.25) is 10.1 Å². The second-order valence-corrected chi connectivity index (χ2v) is 5.31. The van der Waals surface area contributed by atoms with Crippen molar-refractivity contribution >= 4 is 11.4 Å². The van der Waals surface area contributed by atoms with Gasteiger partial charge in [-0.1, -0.05) is 6.92 Å². The van der Waals surface area contributed by atoms with Gasteiger partial charge in [0.2, 0.25) is 5.82 Å². The lowest BCUT2D eigenvalue weighted by Crippen LogP contribution is -2.50. The molecule has 0 radical (unpaired) electrons. The minimum absolute atomic E-state index is 0.236. The Morgan fingerprint density at radius 3 is 2.86 bits per heavy atom. The van der Waals surface area contributed by atoms with Crippen LogP contribution in [0.4, 0.5) is 15.8 Å². The van der Waals surface area contributed by atoms with Gasteiger partial charge in [-0.15, -0.1) is 0 Å². The summed E-state index contributed by atoms with van der Waals surface area (Å²) in [6, 6.07) is 2.53. The number of nitrogens with zero attached hydrogens (tertiary/aromatic N) is 2. The lowest BCUT2D eigenvalue weighted by molar-refractivity contribution is -0.386. The number of hydrogen-bond acceptors (Lipinski definition) is 5. The lowest BCUT2D eigenvalue weighted by Gasteiger charge is -2.41. The normalized spacial score (nSPS) is 22.2. The number of ether oxygens (including phenoxy) is 2. The Morgan fingerprint density at radius 1 is 1.57 bits per heavy atom. The molecule has 0 amide bonds. The smallest absolute Gasteiger partial charge is 0.328 e. The van der Waals surface area contributed by atoms with Gasteiger partial charge in [0.15, 0.2) is 0 Å². The van der Waals surface area contributed by atoms with Gasteiger partial charge in [0, 0.05) is 25.2 Å². The van der Waals surface area contributed by atoms with Crippen LogP contribution in [0.5, 0.6) is 5.75 Å². The maximum atomic E-state index is 14.0. The highest BCUT2D eigenvalue weighted by Crippen LogP contribution is 2.37. The third-order valence-corrected chi connectivity index (χ3v) is 3.86. The number of rotatable bonds is 4. The number of halogens is 1. The van der Waals surface area contributed by atoms with Crippen molar-refractivity contribution in [3.63, 3.8) is 0 Å². The van der Waals surface area contributed by atoms with Crippen LogP contribution in [0.15, 0.2) is 12.1 Å². The molecule has 1 aromatic rings. The highest BCUT2D eigenvalue weighted by molar-refractivity contribution is 5.67. The van der Waals surface area contributed by atoms with Gasteiger partial charge >= 0.3 is 5.69 Å². The molecule has 0 aromatic heterocycles. The summed E-state index contributed by atoms with van der Waals surface area (Å²) in [7, 11) is 1.40. The predicted molar refractivity (Wildman–Crippen MR) is 76.5 cm³/mol. The molecular formula is C14H19FN2O4. The van der Waals surface area contributed by atoms with E-state index >= 15 is 0 Å². The van der Waals surface area contributed by atoms with E-state index in [2.05, 4.69) is 0 Å². The van der Waals surface area contributed by atoms with Crippen LogP contribution in [0.2, 0.25) is 0 Å². The number of nitro benzene ring substituents is 1. The van der Waals surface area contributed by atoms with E-state index in [4.69, 9.17) is 9.47 Å². The molecule has 1 unspecified atom stereocenters. The first-order valence-corrected chi connectivity index (χ1v) is 6.81. The van der Waals surface area contributed by atoms with Crippen LogP contribution in [0.1, 0.15) is 20.3 Å². The zero-order valence-electron chi connectivity index (χ0n) is 12.4. The number of anilines is 1. The van der Waals surface area contributed by atoms with Crippen molar-refractivity contribution in [2.45, 2.75) is 25.9 Å². The Kier molecular flexibility index (Phi) is 4.32. The second-order valence-electron chi connectivity index (χ2n) is 5.31. The number of morpholine rings is 1. The van der Waals surface area contributed by atoms with Crippen LogP contribution < -0.4 is 9.64 Å². The van der Waals surface area contributed by atoms with Crippen LogP contribution in [0, 0.1) is 15.9 Å². The minimum Gasteiger partial charge on any atom is -0.497 e. The van der Waals surface area contributed by atoms with Gasteiger partial charge in [-0.05, 0) is 13.3 Å². The van der Waals surface area contributed by atoms with E-state index in [0.717, 1.165) is 12.5 Å². The Labute approximate surface area is 122 Å². The van der Waals surface area contributed by atoms with Crippen LogP contribution in [0.3, 0.4) is 0 Å². The fourth-order valence-corrected chi connectivity index (χ4v) is 2.45. The van der Waals surface area contributed by atoms with Crippen molar-refractivity contribution in [1.29, 1.82) is 0 Å². The molecule has 116 valence electrons. The molecule has 0 N–H and O–H groups in total. The van der Waals surface area contributed by atoms with Gasteiger partial charge in [0.05, 0.1) is 24.2 Å². The molecule has 0 saturated carbocycles. The zero-order chi connectivity index (χ0) is 15.6. The summed E-state index contributed by atoms with van der Waals surface area (Å²) in [5.41, 5.74) is -0.679. The lowest BCUT2D eigenvalue weighted by atomic mass is 10.0. The van der Waals surface area contributed by atoms with Crippen LogP contribution in [-0.4, -0.2) is 37.3 Å². The van der Waals surface area contributed by atoms with Gasteiger partial charge in [-0.2, -0.15) is 4.39 Å². The summed E-state index contributed by atoms with van der Waals surface area (Å²) in [6.45, 7) is 5.33. The molecule has 1 aliphatic rings. The maximum Gasteiger partial charge on any atom is 0.328 e. The first-order valence-electron chi connectivity index (χ1n) is 6.81. The topological polar surface area (TPSA) is 64.8 Å². The quantitative estimate of drug-likeness (QED) is 0.631. The Balaban J connectivity index is 2.46. The van der Waals surface area contributed by atoms with E-state index in [-0.39, 0.29) is 11.4 Å². The van der Waals surface area contributed by atoms with Crippen LogP contribution in [-0.2, 0) is 4.74 Å². The number of benzene rings is 1. The average Bonchev–Trinajstić information content (AvgIpc) is 2.46. The van der Waals surface area contributed by atoms with Crippen molar-refractivity contribution in [2.75, 3.05) is 31.7 Å². The van der Waals surface area contributed by atoms with Crippen LogP contribution >= 0.6 is 0 Å². The highest BCUT2D eigenvalue weighted by atomic mass is 19.1. The van der Waals surface area contributed by atoms with E-state index in [1.807, 2.05) is 13.8 Å². The molecule has 1 atom stereocenters. The van der Waals surface area contributed by atoms with Crippen molar-refractivity contribution in [3.8, 4) is 5.75 Å².